The van der Waals surface area contributed by atoms with E-state index >= 15 is 0 Å². The Morgan fingerprint density at radius 3 is 2.44 bits per heavy atom. The molecule has 0 saturated heterocycles. The zero-order valence-corrected chi connectivity index (χ0v) is 19.7. The largest absolute Gasteiger partial charge is 0.497 e. The Labute approximate surface area is 201 Å². The first kappa shape index (κ1) is 23.2. The maximum Gasteiger partial charge on any atom is 0.237 e. The molecular formula is C25H23N5O3S. The minimum absolute atomic E-state index is 0.0604. The molecule has 0 aliphatic rings. The summed E-state index contributed by atoms with van der Waals surface area (Å²) in [6.45, 7) is 3.29. The summed E-state index contributed by atoms with van der Waals surface area (Å²) in [4.78, 5) is 28.6. The maximum atomic E-state index is 12.9. The molecule has 0 aliphatic carbocycles. The fraction of sp³-hybridized carbons (Fsp3) is 0.160. The van der Waals surface area contributed by atoms with E-state index in [2.05, 4.69) is 20.5 Å². The molecule has 2 heterocycles. The van der Waals surface area contributed by atoms with Crippen molar-refractivity contribution in [3.63, 3.8) is 0 Å². The number of ketones is 1. The van der Waals surface area contributed by atoms with Gasteiger partial charge >= 0.3 is 0 Å². The Bertz CT molecular complexity index is 1310. The van der Waals surface area contributed by atoms with Crippen LogP contribution in [-0.2, 0) is 4.79 Å². The molecule has 0 saturated carbocycles. The number of aromatic nitrogens is 4. The molecule has 0 radical (unpaired) electrons. The number of hydrogen-bond donors (Lipinski definition) is 1. The van der Waals surface area contributed by atoms with E-state index in [1.165, 1.54) is 18.7 Å². The summed E-state index contributed by atoms with van der Waals surface area (Å²) in [5.41, 5.74) is 2.80. The third-order valence-electron chi connectivity index (χ3n) is 5.09. The number of anilines is 1. The van der Waals surface area contributed by atoms with E-state index in [1.54, 1.807) is 50.7 Å². The monoisotopic (exact) mass is 473 g/mol. The molecule has 0 fully saturated rings. The van der Waals surface area contributed by atoms with Crippen molar-refractivity contribution in [3.8, 4) is 22.8 Å². The number of carbonyl (C=O) groups is 2. The van der Waals surface area contributed by atoms with Crippen LogP contribution in [0.1, 0.15) is 24.2 Å². The van der Waals surface area contributed by atoms with Gasteiger partial charge in [0, 0.05) is 34.9 Å². The average molecular weight is 474 g/mol. The number of hydrogen-bond acceptors (Lipinski definition) is 7. The minimum Gasteiger partial charge on any atom is -0.497 e. The number of benzene rings is 2. The van der Waals surface area contributed by atoms with Crippen LogP contribution in [0, 0.1) is 0 Å². The van der Waals surface area contributed by atoms with Crippen molar-refractivity contribution >= 4 is 29.1 Å². The second kappa shape index (κ2) is 10.3. The normalized spacial score (nSPS) is 11.6. The topological polar surface area (TPSA) is 99.0 Å². The molecule has 4 rings (SSSR count). The fourth-order valence-corrected chi connectivity index (χ4v) is 4.14. The number of thioether (sulfide) groups is 1. The van der Waals surface area contributed by atoms with E-state index in [-0.39, 0.29) is 11.7 Å². The summed E-state index contributed by atoms with van der Waals surface area (Å²) in [6, 6.07) is 18.1. The number of ether oxygens (including phenoxy) is 1. The summed E-state index contributed by atoms with van der Waals surface area (Å²) in [5.74, 6) is 1.10. The van der Waals surface area contributed by atoms with Gasteiger partial charge in [0.15, 0.2) is 16.8 Å². The summed E-state index contributed by atoms with van der Waals surface area (Å²) in [5, 5.41) is 11.7. The van der Waals surface area contributed by atoms with Gasteiger partial charge in [-0.15, -0.1) is 10.2 Å². The summed E-state index contributed by atoms with van der Waals surface area (Å²) in [7, 11) is 1.61. The number of methoxy groups -OCH3 is 1. The van der Waals surface area contributed by atoms with Crippen LogP contribution in [0.4, 0.5) is 5.69 Å². The number of carbonyl (C=O) groups excluding carboxylic acids is 2. The van der Waals surface area contributed by atoms with Gasteiger partial charge in [0.25, 0.3) is 0 Å². The molecule has 2 aromatic heterocycles. The van der Waals surface area contributed by atoms with Crippen LogP contribution in [0.3, 0.4) is 0 Å². The molecule has 1 amide bonds. The lowest BCUT2D eigenvalue weighted by Crippen LogP contribution is -2.23. The predicted octanol–water partition coefficient (Wildman–Crippen LogP) is 4.66. The standard InChI is InChI=1S/C25H23N5O3S/c1-16(31)19-5-4-6-20(15-19)27-24(32)17(2)34-25-29-28-23(18-11-13-26-14-12-18)30(25)21-7-9-22(33-3)10-8-21/h4-15,17H,1-3H3,(H,27,32)/t17-/m0/s1. The second-order valence-corrected chi connectivity index (χ2v) is 8.77. The van der Waals surface area contributed by atoms with Gasteiger partial charge in [-0.1, -0.05) is 23.9 Å². The molecule has 0 spiro atoms. The van der Waals surface area contributed by atoms with Crippen molar-refractivity contribution < 1.29 is 14.3 Å². The van der Waals surface area contributed by atoms with Gasteiger partial charge < -0.3 is 10.1 Å². The summed E-state index contributed by atoms with van der Waals surface area (Å²) in [6.07, 6.45) is 3.39. The SMILES string of the molecule is COc1ccc(-n2c(S[C@@H](C)C(=O)Nc3cccc(C(C)=O)c3)nnc2-c2ccncc2)cc1. The zero-order chi connectivity index (χ0) is 24.1. The summed E-state index contributed by atoms with van der Waals surface area (Å²) < 4.78 is 7.18. The molecule has 172 valence electrons. The van der Waals surface area contributed by atoms with Crippen LogP contribution < -0.4 is 10.1 Å². The van der Waals surface area contributed by atoms with Gasteiger partial charge in [0.2, 0.25) is 5.91 Å². The third kappa shape index (κ3) is 5.15. The average Bonchev–Trinajstić information content (AvgIpc) is 3.28. The third-order valence-corrected chi connectivity index (χ3v) is 6.13. The Morgan fingerprint density at radius 2 is 1.76 bits per heavy atom. The number of nitrogens with zero attached hydrogens (tertiary/aromatic N) is 4. The van der Waals surface area contributed by atoms with Crippen molar-refractivity contribution in [2.75, 3.05) is 12.4 Å². The summed E-state index contributed by atoms with van der Waals surface area (Å²) >= 11 is 1.29. The van der Waals surface area contributed by atoms with E-state index in [9.17, 15) is 9.59 Å². The van der Waals surface area contributed by atoms with Gasteiger partial charge in [0.1, 0.15) is 5.75 Å². The van der Waals surface area contributed by atoms with Crippen molar-refractivity contribution in [1.82, 2.24) is 19.7 Å². The van der Waals surface area contributed by atoms with Crippen LogP contribution in [0.5, 0.6) is 5.75 Å². The molecule has 9 heteroatoms. The van der Waals surface area contributed by atoms with E-state index in [1.807, 2.05) is 41.0 Å². The van der Waals surface area contributed by atoms with Gasteiger partial charge in [-0.25, -0.2) is 0 Å². The Morgan fingerprint density at radius 1 is 1.03 bits per heavy atom. The Balaban J connectivity index is 1.62. The molecule has 8 nitrogen and oxygen atoms in total. The van der Waals surface area contributed by atoms with E-state index in [0.29, 0.717) is 22.2 Å². The first-order valence-corrected chi connectivity index (χ1v) is 11.4. The zero-order valence-electron chi connectivity index (χ0n) is 18.9. The highest BCUT2D eigenvalue weighted by atomic mass is 32.2. The highest BCUT2D eigenvalue weighted by Gasteiger charge is 2.22. The van der Waals surface area contributed by atoms with Crippen molar-refractivity contribution in [3.05, 3.63) is 78.6 Å². The Hall–Kier alpha value is -3.98. The lowest BCUT2D eigenvalue weighted by Gasteiger charge is -2.14. The number of rotatable bonds is 8. The molecule has 0 aliphatic heterocycles. The molecule has 0 bridgehead atoms. The lowest BCUT2D eigenvalue weighted by molar-refractivity contribution is -0.115. The highest BCUT2D eigenvalue weighted by molar-refractivity contribution is 8.00. The number of nitrogens with one attached hydrogen (secondary N) is 1. The van der Waals surface area contributed by atoms with Crippen LogP contribution in [-0.4, -0.2) is 43.8 Å². The molecular weight excluding hydrogens is 450 g/mol. The van der Waals surface area contributed by atoms with Crippen LogP contribution in [0.15, 0.2) is 78.2 Å². The van der Waals surface area contributed by atoms with Crippen molar-refractivity contribution in [2.45, 2.75) is 24.3 Å². The maximum absolute atomic E-state index is 12.9. The molecule has 0 unspecified atom stereocenters. The lowest BCUT2D eigenvalue weighted by atomic mass is 10.1. The van der Waals surface area contributed by atoms with Gasteiger partial charge in [0.05, 0.1) is 12.4 Å². The number of pyridine rings is 1. The van der Waals surface area contributed by atoms with E-state index in [0.717, 1.165) is 17.0 Å². The number of Topliss-reactive ketones (excluding diaryl/α,β-unsaturated/α-hetero) is 1. The predicted molar refractivity (Wildman–Crippen MR) is 132 cm³/mol. The van der Waals surface area contributed by atoms with Gasteiger partial charge in [-0.2, -0.15) is 0 Å². The first-order valence-electron chi connectivity index (χ1n) is 10.5. The first-order chi connectivity index (χ1) is 16.5. The minimum atomic E-state index is -0.479. The fourth-order valence-electron chi connectivity index (χ4n) is 3.27. The smallest absolute Gasteiger partial charge is 0.237 e. The van der Waals surface area contributed by atoms with Crippen LogP contribution >= 0.6 is 11.8 Å². The molecule has 1 atom stereocenters. The van der Waals surface area contributed by atoms with Gasteiger partial charge in [-0.05, 0) is 62.4 Å². The van der Waals surface area contributed by atoms with Crippen molar-refractivity contribution in [1.29, 1.82) is 0 Å². The van der Waals surface area contributed by atoms with Crippen LogP contribution in [0.25, 0.3) is 17.1 Å². The molecule has 34 heavy (non-hydrogen) atoms. The second-order valence-electron chi connectivity index (χ2n) is 7.46. The van der Waals surface area contributed by atoms with Crippen molar-refractivity contribution in [2.24, 2.45) is 0 Å². The Kier molecular flexibility index (Phi) is 7.03. The highest BCUT2D eigenvalue weighted by Crippen LogP contribution is 2.31. The molecule has 2 aromatic carbocycles. The molecule has 1 N–H and O–H groups in total. The van der Waals surface area contributed by atoms with E-state index in [4.69, 9.17) is 4.74 Å². The van der Waals surface area contributed by atoms with Crippen LogP contribution in [0.2, 0.25) is 0 Å². The molecule has 4 aromatic rings. The number of amides is 1. The van der Waals surface area contributed by atoms with Gasteiger partial charge in [-0.3, -0.25) is 19.1 Å². The van der Waals surface area contributed by atoms with E-state index < -0.39 is 5.25 Å². The quantitative estimate of drug-likeness (QED) is 0.293.